The molecule has 0 bridgehead atoms. The van der Waals surface area contributed by atoms with Gasteiger partial charge in [-0.05, 0) is 58.8 Å². The van der Waals surface area contributed by atoms with E-state index in [1.54, 1.807) is 15.7 Å². The maximum Gasteiger partial charge on any atom is 0.173 e. The van der Waals surface area contributed by atoms with Crippen LogP contribution >= 0.6 is 0 Å². The van der Waals surface area contributed by atoms with E-state index in [1.165, 1.54) is 46.8 Å². The van der Waals surface area contributed by atoms with Gasteiger partial charge in [0.1, 0.15) is 0 Å². The molecule has 1 saturated carbocycles. The molecule has 3 unspecified atom stereocenters. The van der Waals surface area contributed by atoms with Crippen LogP contribution in [-0.4, -0.2) is 43.2 Å². The van der Waals surface area contributed by atoms with Crippen LogP contribution in [0.15, 0.2) is 103 Å². The van der Waals surface area contributed by atoms with Gasteiger partial charge < -0.3 is 14.4 Å². The van der Waals surface area contributed by atoms with Crippen LogP contribution in [-0.2, 0) is 0 Å². The first-order chi connectivity index (χ1) is 20.0. The van der Waals surface area contributed by atoms with Crippen molar-refractivity contribution in [3.63, 3.8) is 0 Å². The molecule has 4 heteroatoms. The number of benzene rings is 3. The molecule has 41 heavy (non-hydrogen) atoms. The van der Waals surface area contributed by atoms with Crippen LogP contribution in [0.25, 0.3) is 27.5 Å². The van der Waals surface area contributed by atoms with Crippen LogP contribution in [0.2, 0.25) is 5.54 Å². The van der Waals surface area contributed by atoms with Gasteiger partial charge in [-0.2, -0.15) is 0 Å². The lowest BCUT2D eigenvalue weighted by molar-refractivity contribution is 0.271. The topological polar surface area (TPSA) is 11.4 Å². The third kappa shape index (κ3) is 4.13. The van der Waals surface area contributed by atoms with E-state index in [1.807, 2.05) is 0 Å². The number of rotatable bonds is 5. The Morgan fingerprint density at radius 3 is 2.32 bits per heavy atom. The van der Waals surface area contributed by atoms with E-state index in [4.69, 9.17) is 0 Å². The summed E-state index contributed by atoms with van der Waals surface area (Å²) in [4.78, 5) is 4.96. The van der Waals surface area contributed by atoms with Crippen LogP contribution in [0.1, 0.15) is 46.0 Å². The van der Waals surface area contributed by atoms with E-state index in [-0.39, 0.29) is 0 Å². The van der Waals surface area contributed by atoms with Gasteiger partial charge in [0, 0.05) is 42.1 Å². The van der Waals surface area contributed by atoms with E-state index >= 15 is 0 Å². The van der Waals surface area contributed by atoms with Crippen molar-refractivity contribution >= 4 is 46.0 Å². The van der Waals surface area contributed by atoms with Gasteiger partial charge >= 0.3 is 0 Å². The van der Waals surface area contributed by atoms with E-state index in [0.717, 1.165) is 25.4 Å². The molecule has 3 aliphatic rings. The maximum absolute atomic E-state index is 2.62. The first-order valence-corrected chi connectivity index (χ1v) is 17.7. The monoisotopic (exact) mass is 557 g/mol. The predicted octanol–water partition coefficient (Wildman–Crippen LogP) is 7.59. The molecule has 3 aromatic carbocycles. The zero-order valence-electron chi connectivity index (χ0n) is 25.1. The summed E-state index contributed by atoms with van der Waals surface area (Å²) in [6.45, 7) is 6.02. The van der Waals surface area contributed by atoms with Crippen molar-refractivity contribution in [1.29, 1.82) is 0 Å². The Kier molecular flexibility index (Phi) is 6.70. The highest BCUT2D eigenvalue weighted by molar-refractivity contribution is 7.08. The molecular weight excluding hydrogens is 515 g/mol. The smallest absolute Gasteiger partial charge is 0.173 e. The van der Waals surface area contributed by atoms with Gasteiger partial charge in [-0.25, -0.2) is 0 Å². The Hall–Kier alpha value is -3.50. The molecule has 0 spiro atoms. The molecule has 4 aromatic rings. The van der Waals surface area contributed by atoms with Crippen LogP contribution in [0.3, 0.4) is 0 Å². The normalized spacial score (nSPS) is 24.5. The summed E-state index contributed by atoms with van der Waals surface area (Å²) in [6.07, 6.45) is 15.7. The second-order valence-corrected chi connectivity index (χ2v) is 16.9. The summed E-state index contributed by atoms with van der Waals surface area (Å²) in [6, 6.07) is 28.3. The summed E-state index contributed by atoms with van der Waals surface area (Å²) < 4.78 is 2.50. The Balaban J connectivity index is 1.56. The molecule has 2 aliphatic carbocycles. The van der Waals surface area contributed by atoms with E-state index in [9.17, 15) is 0 Å². The lowest BCUT2D eigenvalue weighted by atomic mass is 9.81. The fourth-order valence-electron chi connectivity index (χ4n) is 8.40. The van der Waals surface area contributed by atoms with Gasteiger partial charge in [-0.1, -0.05) is 106 Å². The average molecular weight is 558 g/mol. The third-order valence-electron chi connectivity index (χ3n) is 10.4. The highest BCUT2D eigenvalue weighted by Crippen LogP contribution is 2.48. The van der Waals surface area contributed by atoms with Crippen molar-refractivity contribution < 1.29 is 0 Å². The number of aromatic nitrogens is 1. The van der Waals surface area contributed by atoms with Crippen molar-refractivity contribution in [3.05, 3.63) is 103 Å². The van der Waals surface area contributed by atoms with Gasteiger partial charge in [-0.3, -0.25) is 0 Å². The fourth-order valence-corrected chi connectivity index (χ4v) is 14.8. The number of para-hydroxylation sites is 1. The molecule has 0 saturated heterocycles. The van der Waals surface area contributed by atoms with E-state index in [2.05, 4.69) is 140 Å². The second-order valence-electron chi connectivity index (χ2n) is 12.9. The Morgan fingerprint density at radius 1 is 0.780 bits per heavy atom. The van der Waals surface area contributed by atoms with Gasteiger partial charge in [0.05, 0.1) is 17.7 Å². The summed E-state index contributed by atoms with van der Waals surface area (Å²) in [5.74, 6) is 1.41. The van der Waals surface area contributed by atoms with Crippen LogP contribution < -0.4 is 10.4 Å². The lowest BCUT2D eigenvalue weighted by Crippen LogP contribution is -2.67. The fraction of sp³-hybridized carbons (Fsp3) is 0.351. The molecule has 2 heterocycles. The Morgan fingerprint density at radius 2 is 1.56 bits per heavy atom. The van der Waals surface area contributed by atoms with Crippen molar-refractivity contribution in [2.75, 3.05) is 20.8 Å². The maximum atomic E-state index is 2.62. The SMILES string of the molecule is CC1CCCC([Si](C2=CN(C)CN2C)(c2ccccc2)c2ccc3c(c2)c2ccccc2n3C2=CCCC=C2)[C@@H]1C. The highest BCUT2D eigenvalue weighted by Gasteiger charge is 2.53. The zero-order chi connectivity index (χ0) is 28.1. The molecule has 7 rings (SSSR count). The Labute approximate surface area is 246 Å². The highest BCUT2D eigenvalue weighted by atomic mass is 28.3. The van der Waals surface area contributed by atoms with E-state index < -0.39 is 8.07 Å². The lowest BCUT2D eigenvalue weighted by Gasteiger charge is -2.49. The summed E-state index contributed by atoms with van der Waals surface area (Å²) >= 11 is 0. The molecule has 1 aliphatic heterocycles. The van der Waals surface area contributed by atoms with Crippen LogP contribution in [0.5, 0.6) is 0 Å². The van der Waals surface area contributed by atoms with Gasteiger partial charge in [-0.15, -0.1) is 0 Å². The summed E-state index contributed by atoms with van der Waals surface area (Å²) in [5, 5.41) is 7.43. The van der Waals surface area contributed by atoms with Crippen molar-refractivity contribution in [1.82, 2.24) is 14.4 Å². The van der Waals surface area contributed by atoms with Crippen LogP contribution in [0, 0.1) is 11.8 Å². The van der Waals surface area contributed by atoms with Gasteiger partial charge in [0.2, 0.25) is 0 Å². The first kappa shape index (κ1) is 26.4. The number of hydrogen-bond donors (Lipinski definition) is 0. The molecular formula is C37H43N3Si. The number of allylic oxidation sites excluding steroid dienone is 4. The molecule has 0 radical (unpaired) electrons. The van der Waals surface area contributed by atoms with Crippen molar-refractivity contribution in [3.8, 4) is 0 Å². The quantitative estimate of drug-likeness (QED) is 0.234. The summed E-state index contributed by atoms with van der Waals surface area (Å²) in [7, 11) is 2.11. The summed E-state index contributed by atoms with van der Waals surface area (Å²) in [5.41, 5.74) is 4.57. The first-order valence-electron chi connectivity index (χ1n) is 15.6. The van der Waals surface area contributed by atoms with E-state index in [0.29, 0.717) is 11.5 Å². The zero-order valence-corrected chi connectivity index (χ0v) is 26.1. The Bertz CT molecular complexity index is 1680. The van der Waals surface area contributed by atoms with Crippen molar-refractivity contribution in [2.24, 2.45) is 11.8 Å². The molecule has 4 atom stereocenters. The van der Waals surface area contributed by atoms with Gasteiger partial charge in [0.15, 0.2) is 8.07 Å². The molecule has 3 nitrogen and oxygen atoms in total. The molecule has 1 aromatic heterocycles. The number of hydrogen-bond acceptors (Lipinski definition) is 2. The van der Waals surface area contributed by atoms with Gasteiger partial charge in [0.25, 0.3) is 0 Å². The van der Waals surface area contributed by atoms with Crippen molar-refractivity contribution in [2.45, 2.75) is 51.5 Å². The predicted molar refractivity (Wildman–Crippen MR) is 178 cm³/mol. The minimum absolute atomic E-state index is 0.642. The molecule has 1 fully saturated rings. The largest absolute Gasteiger partial charge is 0.362 e. The third-order valence-corrected chi connectivity index (χ3v) is 16.2. The standard InChI is InChI=1S/C37H43N3Si/c1-27-14-13-21-36(28(27)2)41(30-17-9-6-10-18-30,37-25-38(3)26-39(37)4)31-22-23-35-33(24-31)32-19-11-12-20-34(32)40(35)29-15-7-5-8-16-29/h6-7,9-12,15-20,22-25,27-28,36H,5,8,13-14,21,26H2,1-4H3/t27?,28-,36?,41?/m1/s1. The molecule has 210 valence electrons. The number of nitrogens with zero attached hydrogens (tertiary/aromatic N) is 3. The second kappa shape index (κ2) is 10.4. The molecule has 0 N–H and O–H groups in total. The van der Waals surface area contributed by atoms with Crippen LogP contribution in [0.4, 0.5) is 0 Å². The minimum Gasteiger partial charge on any atom is -0.362 e. The number of fused-ring (bicyclic) bond motifs is 3. The molecule has 0 amide bonds. The average Bonchev–Trinajstić information content (AvgIpc) is 3.52. The minimum atomic E-state index is -2.45.